The smallest absolute Gasteiger partial charge is 0.255 e. The minimum Gasteiger partial charge on any atom is -0.384 e. The lowest BCUT2D eigenvalue weighted by Crippen LogP contribution is -2.38. The Morgan fingerprint density at radius 3 is 2.76 bits per heavy atom. The number of hydrogen-bond acceptors (Lipinski definition) is 4. The average Bonchev–Trinajstić information content (AvgIpc) is 2.35. The Hall–Kier alpha value is -1.23. The summed E-state index contributed by atoms with van der Waals surface area (Å²) < 4.78 is 0. The summed E-state index contributed by atoms with van der Waals surface area (Å²) in [6.45, 7) is 2.09. The van der Waals surface area contributed by atoms with Gasteiger partial charge in [0.2, 0.25) is 0 Å². The number of anilines is 1. The molecule has 0 saturated heterocycles. The van der Waals surface area contributed by atoms with Crippen molar-refractivity contribution in [2.75, 3.05) is 24.8 Å². The fraction of sp³-hybridized carbons (Fsp3) is 0.500. The van der Waals surface area contributed by atoms with Gasteiger partial charge in [-0.15, -0.1) is 0 Å². The van der Waals surface area contributed by atoms with Crippen molar-refractivity contribution in [3.63, 3.8) is 0 Å². The van der Waals surface area contributed by atoms with E-state index in [9.17, 15) is 4.79 Å². The Morgan fingerprint density at radius 2 is 2.29 bits per heavy atom. The molecule has 1 rings (SSSR count). The molecule has 1 atom stereocenters. The first-order valence-corrected chi connectivity index (χ1v) is 6.97. The highest BCUT2D eigenvalue weighted by molar-refractivity contribution is 7.98. The first kappa shape index (κ1) is 13.8. The highest BCUT2D eigenvalue weighted by atomic mass is 32.2. The molecule has 0 saturated carbocycles. The number of carbonyl (C=O) groups excluding carboxylic acids is 1. The van der Waals surface area contributed by atoms with E-state index in [4.69, 9.17) is 5.73 Å². The summed E-state index contributed by atoms with van der Waals surface area (Å²) in [5.74, 6) is 1.37. The van der Waals surface area contributed by atoms with Crippen molar-refractivity contribution in [1.29, 1.82) is 0 Å². The molecule has 0 radical (unpaired) electrons. The van der Waals surface area contributed by atoms with Gasteiger partial charge >= 0.3 is 0 Å². The number of nitrogen functional groups attached to an aromatic ring is 1. The van der Waals surface area contributed by atoms with Crippen LogP contribution in [0.4, 0.5) is 5.82 Å². The molecule has 1 aromatic rings. The van der Waals surface area contributed by atoms with E-state index in [1.165, 1.54) is 6.20 Å². The fourth-order valence-corrected chi connectivity index (χ4v) is 2.44. The van der Waals surface area contributed by atoms with Crippen LogP contribution >= 0.6 is 11.8 Å². The molecule has 1 heterocycles. The van der Waals surface area contributed by atoms with E-state index in [-0.39, 0.29) is 11.9 Å². The third-order valence-electron chi connectivity index (χ3n) is 2.73. The van der Waals surface area contributed by atoms with Crippen LogP contribution in [0.1, 0.15) is 23.7 Å². The number of hydrogen-bond donors (Lipinski definition) is 1. The maximum atomic E-state index is 12.2. The molecule has 4 nitrogen and oxygen atoms in total. The van der Waals surface area contributed by atoms with Crippen LogP contribution in [0.3, 0.4) is 0 Å². The van der Waals surface area contributed by atoms with Gasteiger partial charge in [-0.3, -0.25) is 4.79 Å². The number of nitrogens with two attached hydrogens (primary N) is 1. The third kappa shape index (κ3) is 3.63. The standard InChI is InChI=1S/C12H19N3OS/c1-4-10(8-17-3)15(2)12(16)9-5-6-11(13)14-7-9/h5-7,10H,4,8H2,1-3H3,(H2,13,14). The van der Waals surface area contributed by atoms with Gasteiger partial charge in [0.1, 0.15) is 5.82 Å². The Morgan fingerprint density at radius 1 is 1.59 bits per heavy atom. The van der Waals surface area contributed by atoms with E-state index in [1.54, 1.807) is 28.8 Å². The molecular formula is C12H19N3OS. The fourth-order valence-electron chi connectivity index (χ4n) is 1.60. The summed E-state index contributed by atoms with van der Waals surface area (Å²) in [4.78, 5) is 17.9. The van der Waals surface area contributed by atoms with Crippen molar-refractivity contribution >= 4 is 23.5 Å². The van der Waals surface area contributed by atoms with E-state index in [1.807, 2.05) is 13.3 Å². The van der Waals surface area contributed by atoms with Gasteiger partial charge in [0.15, 0.2) is 0 Å². The van der Waals surface area contributed by atoms with E-state index >= 15 is 0 Å². The van der Waals surface area contributed by atoms with E-state index in [0.717, 1.165) is 12.2 Å². The number of nitrogens with zero attached hydrogens (tertiary/aromatic N) is 2. The molecule has 0 spiro atoms. The molecule has 0 fully saturated rings. The molecule has 17 heavy (non-hydrogen) atoms. The SMILES string of the molecule is CCC(CSC)N(C)C(=O)c1ccc(N)nc1. The molecule has 5 heteroatoms. The molecule has 94 valence electrons. The topological polar surface area (TPSA) is 59.2 Å². The lowest BCUT2D eigenvalue weighted by molar-refractivity contribution is 0.0743. The van der Waals surface area contributed by atoms with Gasteiger partial charge in [0.25, 0.3) is 5.91 Å². The number of carbonyl (C=O) groups is 1. The molecule has 1 aromatic heterocycles. The molecule has 0 bridgehead atoms. The Bertz CT molecular complexity index is 367. The molecular weight excluding hydrogens is 234 g/mol. The van der Waals surface area contributed by atoms with Crippen LogP contribution in [-0.2, 0) is 0 Å². The zero-order chi connectivity index (χ0) is 12.8. The van der Waals surface area contributed by atoms with Gasteiger partial charge in [0.05, 0.1) is 5.56 Å². The van der Waals surface area contributed by atoms with Gasteiger partial charge in [-0.1, -0.05) is 6.92 Å². The number of amides is 1. The lowest BCUT2D eigenvalue weighted by Gasteiger charge is -2.26. The predicted octanol–water partition coefficient (Wildman–Crippen LogP) is 1.88. The summed E-state index contributed by atoms with van der Waals surface area (Å²) in [7, 11) is 1.84. The predicted molar refractivity (Wildman–Crippen MR) is 73.2 cm³/mol. The van der Waals surface area contributed by atoms with Crippen molar-refractivity contribution in [3.05, 3.63) is 23.9 Å². The second-order valence-corrected chi connectivity index (χ2v) is 4.82. The molecule has 0 aliphatic rings. The van der Waals surface area contributed by atoms with Crippen molar-refractivity contribution in [2.24, 2.45) is 0 Å². The molecule has 1 amide bonds. The second-order valence-electron chi connectivity index (χ2n) is 3.91. The van der Waals surface area contributed by atoms with Crippen LogP contribution in [0.25, 0.3) is 0 Å². The minimum absolute atomic E-state index is 0.00148. The summed E-state index contributed by atoms with van der Waals surface area (Å²) in [6.07, 6.45) is 4.53. The monoisotopic (exact) mass is 253 g/mol. The Labute approximate surface area is 107 Å². The Kier molecular flexibility index (Phi) is 5.28. The maximum Gasteiger partial charge on any atom is 0.255 e. The van der Waals surface area contributed by atoms with Gasteiger partial charge in [-0.05, 0) is 24.8 Å². The van der Waals surface area contributed by atoms with Crippen molar-refractivity contribution in [1.82, 2.24) is 9.88 Å². The lowest BCUT2D eigenvalue weighted by atomic mass is 10.2. The minimum atomic E-state index is -0.00148. The number of pyridine rings is 1. The summed E-state index contributed by atoms with van der Waals surface area (Å²) in [5.41, 5.74) is 6.08. The summed E-state index contributed by atoms with van der Waals surface area (Å²) in [5, 5.41) is 0. The van der Waals surface area contributed by atoms with Gasteiger partial charge in [-0.2, -0.15) is 11.8 Å². The molecule has 0 aromatic carbocycles. The Balaban J connectivity index is 2.77. The van der Waals surface area contributed by atoms with Crippen LogP contribution in [0, 0.1) is 0 Å². The highest BCUT2D eigenvalue weighted by Crippen LogP contribution is 2.12. The quantitative estimate of drug-likeness (QED) is 0.870. The molecule has 1 unspecified atom stereocenters. The number of rotatable bonds is 5. The van der Waals surface area contributed by atoms with E-state index in [0.29, 0.717) is 11.4 Å². The van der Waals surface area contributed by atoms with Crippen molar-refractivity contribution in [3.8, 4) is 0 Å². The number of thioether (sulfide) groups is 1. The van der Waals surface area contributed by atoms with Crippen LogP contribution in [-0.4, -0.2) is 40.9 Å². The molecule has 2 N–H and O–H groups in total. The van der Waals surface area contributed by atoms with Gasteiger partial charge < -0.3 is 10.6 Å². The van der Waals surface area contributed by atoms with Crippen LogP contribution in [0.2, 0.25) is 0 Å². The summed E-state index contributed by atoms with van der Waals surface area (Å²) in [6, 6.07) is 3.62. The first-order chi connectivity index (χ1) is 8.10. The van der Waals surface area contributed by atoms with Crippen molar-refractivity contribution < 1.29 is 4.79 Å². The van der Waals surface area contributed by atoms with Gasteiger partial charge in [0, 0.05) is 25.0 Å². The van der Waals surface area contributed by atoms with E-state index in [2.05, 4.69) is 11.9 Å². The highest BCUT2D eigenvalue weighted by Gasteiger charge is 2.19. The summed E-state index contributed by atoms with van der Waals surface area (Å²) >= 11 is 1.75. The van der Waals surface area contributed by atoms with Crippen LogP contribution in [0.15, 0.2) is 18.3 Å². The average molecular weight is 253 g/mol. The normalized spacial score (nSPS) is 12.2. The second kappa shape index (κ2) is 6.49. The number of aromatic nitrogens is 1. The maximum absolute atomic E-state index is 12.2. The largest absolute Gasteiger partial charge is 0.384 e. The molecule has 0 aliphatic carbocycles. The first-order valence-electron chi connectivity index (χ1n) is 5.57. The van der Waals surface area contributed by atoms with Crippen molar-refractivity contribution in [2.45, 2.75) is 19.4 Å². The zero-order valence-corrected chi connectivity index (χ0v) is 11.3. The third-order valence-corrected chi connectivity index (χ3v) is 3.45. The molecule has 0 aliphatic heterocycles. The zero-order valence-electron chi connectivity index (χ0n) is 10.5. The van der Waals surface area contributed by atoms with Crippen LogP contribution in [0.5, 0.6) is 0 Å². The van der Waals surface area contributed by atoms with Crippen LogP contribution < -0.4 is 5.73 Å². The van der Waals surface area contributed by atoms with Gasteiger partial charge in [-0.25, -0.2) is 4.98 Å². The van der Waals surface area contributed by atoms with E-state index < -0.39 is 0 Å².